The number of ether oxygens (including phenoxy) is 1. The van der Waals surface area contributed by atoms with Gasteiger partial charge in [-0.2, -0.15) is 0 Å². The minimum atomic E-state index is 0.00466. The smallest absolute Gasteiger partial charge is 0.0717 e. The Hall–Kier alpha value is -0.860. The van der Waals surface area contributed by atoms with Gasteiger partial charge in [0.05, 0.1) is 13.2 Å². The Kier molecular flexibility index (Phi) is 2.57. The van der Waals surface area contributed by atoms with Crippen molar-refractivity contribution < 1.29 is 4.74 Å². The molecule has 76 valence electrons. The van der Waals surface area contributed by atoms with Crippen LogP contribution in [-0.4, -0.2) is 12.1 Å². The number of nitrogens with two attached hydrogens (primary N) is 1. The molecule has 1 aliphatic rings. The highest BCUT2D eigenvalue weighted by Gasteiger charge is 2.38. The van der Waals surface area contributed by atoms with E-state index in [4.69, 9.17) is 10.5 Å². The highest BCUT2D eigenvalue weighted by molar-refractivity contribution is 5.20. The molecule has 0 spiro atoms. The van der Waals surface area contributed by atoms with Gasteiger partial charge in [-0.25, -0.2) is 0 Å². The molecule has 0 atom stereocenters. The van der Waals surface area contributed by atoms with Crippen LogP contribution in [0.5, 0.6) is 0 Å². The van der Waals surface area contributed by atoms with Gasteiger partial charge >= 0.3 is 0 Å². The van der Waals surface area contributed by atoms with Gasteiger partial charge in [-0.3, -0.25) is 0 Å². The zero-order valence-corrected chi connectivity index (χ0v) is 8.62. The molecule has 0 unspecified atom stereocenters. The van der Waals surface area contributed by atoms with Crippen molar-refractivity contribution in [3.8, 4) is 0 Å². The van der Waals surface area contributed by atoms with E-state index in [1.54, 1.807) is 0 Å². The summed E-state index contributed by atoms with van der Waals surface area (Å²) in [5.41, 5.74) is 8.42. The second kappa shape index (κ2) is 3.71. The molecule has 1 fully saturated rings. The SMILES string of the molecule is Cc1ccc(COCC2(N)CC2)cc1. The Morgan fingerprint density at radius 1 is 1.29 bits per heavy atom. The van der Waals surface area contributed by atoms with Crippen molar-refractivity contribution >= 4 is 0 Å². The first-order valence-electron chi connectivity index (χ1n) is 5.10. The predicted molar refractivity (Wildman–Crippen MR) is 57.0 cm³/mol. The Morgan fingerprint density at radius 2 is 1.93 bits per heavy atom. The molecule has 0 aromatic heterocycles. The third-order valence-corrected chi connectivity index (χ3v) is 2.67. The van der Waals surface area contributed by atoms with Gasteiger partial charge in [-0.05, 0) is 25.3 Å². The molecule has 1 aliphatic carbocycles. The molecule has 1 saturated carbocycles. The zero-order valence-electron chi connectivity index (χ0n) is 8.62. The van der Waals surface area contributed by atoms with Gasteiger partial charge < -0.3 is 10.5 Å². The van der Waals surface area contributed by atoms with Crippen LogP contribution in [0.2, 0.25) is 0 Å². The lowest BCUT2D eigenvalue weighted by atomic mass is 10.2. The van der Waals surface area contributed by atoms with E-state index in [9.17, 15) is 0 Å². The quantitative estimate of drug-likeness (QED) is 0.790. The molecular weight excluding hydrogens is 174 g/mol. The molecule has 0 heterocycles. The van der Waals surface area contributed by atoms with E-state index in [-0.39, 0.29) is 5.54 Å². The second-order valence-electron chi connectivity index (χ2n) is 4.34. The van der Waals surface area contributed by atoms with Crippen molar-refractivity contribution in [2.75, 3.05) is 6.61 Å². The van der Waals surface area contributed by atoms with Crippen molar-refractivity contribution in [2.45, 2.75) is 31.9 Å². The summed E-state index contributed by atoms with van der Waals surface area (Å²) in [6.07, 6.45) is 2.22. The Morgan fingerprint density at radius 3 is 2.50 bits per heavy atom. The maximum Gasteiger partial charge on any atom is 0.0717 e. The minimum absolute atomic E-state index is 0.00466. The fraction of sp³-hybridized carbons (Fsp3) is 0.500. The first-order chi connectivity index (χ1) is 6.68. The molecule has 0 aliphatic heterocycles. The van der Waals surface area contributed by atoms with Crippen LogP contribution in [0.1, 0.15) is 24.0 Å². The highest BCUT2D eigenvalue weighted by Crippen LogP contribution is 2.32. The molecule has 2 rings (SSSR count). The molecule has 0 saturated heterocycles. The lowest BCUT2D eigenvalue weighted by Crippen LogP contribution is -2.27. The summed E-state index contributed by atoms with van der Waals surface area (Å²) < 4.78 is 5.56. The van der Waals surface area contributed by atoms with Crippen LogP contribution >= 0.6 is 0 Å². The predicted octanol–water partition coefficient (Wildman–Crippen LogP) is 2.00. The summed E-state index contributed by atoms with van der Waals surface area (Å²) in [4.78, 5) is 0. The van der Waals surface area contributed by atoms with Gasteiger partial charge in [0.15, 0.2) is 0 Å². The summed E-state index contributed by atoms with van der Waals surface area (Å²) in [7, 11) is 0. The van der Waals surface area contributed by atoms with E-state index >= 15 is 0 Å². The zero-order chi connectivity index (χ0) is 10.0. The van der Waals surface area contributed by atoms with Crippen molar-refractivity contribution in [2.24, 2.45) is 5.73 Å². The number of rotatable bonds is 4. The number of aryl methyl sites for hydroxylation is 1. The molecular formula is C12H17NO. The largest absolute Gasteiger partial charge is 0.375 e. The van der Waals surface area contributed by atoms with Crippen LogP contribution < -0.4 is 5.73 Å². The molecule has 2 nitrogen and oxygen atoms in total. The maximum absolute atomic E-state index is 5.91. The first-order valence-corrected chi connectivity index (χ1v) is 5.10. The van der Waals surface area contributed by atoms with Crippen LogP contribution in [0.25, 0.3) is 0 Å². The second-order valence-corrected chi connectivity index (χ2v) is 4.34. The fourth-order valence-electron chi connectivity index (χ4n) is 1.36. The van der Waals surface area contributed by atoms with Crippen LogP contribution in [0.4, 0.5) is 0 Å². The number of hydrogen-bond donors (Lipinski definition) is 1. The van der Waals surface area contributed by atoms with E-state index in [0.29, 0.717) is 13.2 Å². The molecule has 14 heavy (non-hydrogen) atoms. The summed E-state index contributed by atoms with van der Waals surface area (Å²) >= 11 is 0. The lowest BCUT2D eigenvalue weighted by molar-refractivity contribution is 0.102. The fourth-order valence-corrected chi connectivity index (χ4v) is 1.36. The van der Waals surface area contributed by atoms with E-state index in [0.717, 1.165) is 12.8 Å². The monoisotopic (exact) mass is 191 g/mol. The maximum atomic E-state index is 5.91. The molecule has 0 bridgehead atoms. The Labute approximate surface area is 85.1 Å². The van der Waals surface area contributed by atoms with Crippen LogP contribution in [0.3, 0.4) is 0 Å². The van der Waals surface area contributed by atoms with Crippen LogP contribution in [0, 0.1) is 6.92 Å². The van der Waals surface area contributed by atoms with Gasteiger partial charge in [-0.15, -0.1) is 0 Å². The molecule has 1 aromatic carbocycles. The van der Waals surface area contributed by atoms with Gasteiger partial charge in [0.1, 0.15) is 0 Å². The summed E-state index contributed by atoms with van der Waals surface area (Å²) in [6, 6.07) is 8.42. The average molecular weight is 191 g/mol. The first kappa shape index (κ1) is 9.69. The van der Waals surface area contributed by atoms with Crippen molar-refractivity contribution in [3.05, 3.63) is 35.4 Å². The highest BCUT2D eigenvalue weighted by atomic mass is 16.5. The topological polar surface area (TPSA) is 35.2 Å². The van der Waals surface area contributed by atoms with Gasteiger partial charge in [-0.1, -0.05) is 29.8 Å². The molecule has 0 amide bonds. The third kappa shape index (κ3) is 2.56. The van der Waals surface area contributed by atoms with Crippen molar-refractivity contribution in [1.29, 1.82) is 0 Å². The average Bonchev–Trinajstić information content (AvgIpc) is 2.88. The van der Waals surface area contributed by atoms with Crippen LogP contribution in [0.15, 0.2) is 24.3 Å². The van der Waals surface area contributed by atoms with Crippen molar-refractivity contribution in [1.82, 2.24) is 0 Å². The van der Waals surface area contributed by atoms with Crippen molar-refractivity contribution in [3.63, 3.8) is 0 Å². The van der Waals surface area contributed by atoms with Gasteiger partial charge in [0, 0.05) is 5.54 Å². The summed E-state index contributed by atoms with van der Waals surface area (Å²) in [5.74, 6) is 0. The summed E-state index contributed by atoms with van der Waals surface area (Å²) in [6.45, 7) is 3.46. The standard InChI is InChI=1S/C12H17NO/c1-10-2-4-11(5-3-10)8-14-9-12(13)6-7-12/h2-5H,6-9,13H2,1H3. The molecule has 2 N–H and O–H groups in total. The van der Waals surface area contributed by atoms with Gasteiger partial charge in [0.2, 0.25) is 0 Å². The summed E-state index contributed by atoms with van der Waals surface area (Å²) in [5, 5.41) is 0. The van der Waals surface area contributed by atoms with E-state index in [2.05, 4.69) is 31.2 Å². The Balaban J connectivity index is 1.77. The Bertz CT molecular complexity index is 301. The molecule has 2 heteroatoms. The normalized spacial score (nSPS) is 18.1. The third-order valence-electron chi connectivity index (χ3n) is 2.67. The van der Waals surface area contributed by atoms with Gasteiger partial charge in [0.25, 0.3) is 0 Å². The van der Waals surface area contributed by atoms with Crippen LogP contribution in [-0.2, 0) is 11.3 Å². The van der Waals surface area contributed by atoms with E-state index in [1.807, 2.05) is 0 Å². The van der Waals surface area contributed by atoms with E-state index < -0.39 is 0 Å². The van der Waals surface area contributed by atoms with E-state index in [1.165, 1.54) is 11.1 Å². The minimum Gasteiger partial charge on any atom is -0.375 e. The number of hydrogen-bond acceptors (Lipinski definition) is 2. The molecule has 0 radical (unpaired) electrons. The molecule has 1 aromatic rings. The lowest BCUT2D eigenvalue weighted by Gasteiger charge is -2.09. The number of benzene rings is 1.